The van der Waals surface area contributed by atoms with Crippen molar-refractivity contribution in [1.82, 2.24) is 4.98 Å². The molecule has 1 aliphatic heterocycles. The molecule has 0 spiro atoms. The van der Waals surface area contributed by atoms with Gasteiger partial charge >= 0.3 is 0 Å². The van der Waals surface area contributed by atoms with Crippen molar-refractivity contribution in [2.45, 2.75) is 25.2 Å². The number of aromatic nitrogens is 1. The quantitative estimate of drug-likeness (QED) is 0.163. The summed E-state index contributed by atoms with van der Waals surface area (Å²) < 4.78 is 46.7. The Labute approximate surface area is 247 Å². The lowest BCUT2D eigenvalue weighted by Crippen LogP contribution is -2.36. The lowest BCUT2D eigenvalue weighted by molar-refractivity contribution is -0.120. The molecule has 0 aliphatic carbocycles. The molecule has 1 aromatic heterocycles. The predicted octanol–water partition coefficient (Wildman–Crippen LogP) is 6.08. The van der Waals surface area contributed by atoms with E-state index < -0.39 is 41.5 Å². The fraction of sp³-hybridized carbons (Fsp3) is 0.125. The van der Waals surface area contributed by atoms with Gasteiger partial charge in [-0.25, -0.2) is 18.2 Å². The van der Waals surface area contributed by atoms with Crippen LogP contribution >= 0.6 is 11.3 Å². The molecule has 2 atom stereocenters. The normalized spacial score (nSPS) is 15.7. The van der Waals surface area contributed by atoms with Gasteiger partial charge in [0.1, 0.15) is 10.8 Å². The monoisotopic (exact) mass is 601 g/mol. The van der Waals surface area contributed by atoms with E-state index in [1.807, 2.05) is 24.3 Å². The Morgan fingerprint density at radius 1 is 0.860 bits per heavy atom. The van der Waals surface area contributed by atoms with Crippen LogP contribution in [0.2, 0.25) is 0 Å². The highest BCUT2D eigenvalue weighted by atomic mass is 32.1. The van der Waals surface area contributed by atoms with Crippen molar-refractivity contribution in [3.8, 4) is 0 Å². The van der Waals surface area contributed by atoms with Gasteiger partial charge in [0, 0.05) is 23.0 Å². The number of rotatable bonds is 9. The highest BCUT2D eigenvalue weighted by Gasteiger charge is 2.52. The summed E-state index contributed by atoms with van der Waals surface area (Å²) in [4.78, 5) is 45.1. The Morgan fingerprint density at radius 2 is 1.60 bits per heavy atom. The van der Waals surface area contributed by atoms with Crippen molar-refractivity contribution in [1.29, 1.82) is 0 Å². The maximum atomic E-state index is 13.6. The van der Waals surface area contributed by atoms with Gasteiger partial charge in [-0.3, -0.25) is 14.4 Å². The molecule has 0 bridgehead atoms. The summed E-state index contributed by atoms with van der Waals surface area (Å²) in [5.74, 6) is -3.99. The second-order valence-corrected chi connectivity index (χ2v) is 11.0. The largest absolute Gasteiger partial charge is 0.349 e. The molecule has 0 unspecified atom stereocenters. The molecule has 2 heterocycles. The molecular formula is C32H22F3N3O4S. The van der Waals surface area contributed by atoms with Gasteiger partial charge in [0.05, 0.1) is 23.2 Å². The fourth-order valence-corrected chi connectivity index (χ4v) is 5.54. The van der Waals surface area contributed by atoms with Crippen LogP contribution < -0.4 is 10.2 Å². The van der Waals surface area contributed by atoms with E-state index in [2.05, 4.69) is 10.3 Å². The molecule has 6 rings (SSSR count). The van der Waals surface area contributed by atoms with Crippen LogP contribution in [0.1, 0.15) is 20.9 Å². The summed E-state index contributed by atoms with van der Waals surface area (Å²) in [5.41, 5.74) is 2.33. The van der Waals surface area contributed by atoms with Crippen molar-refractivity contribution in [3.63, 3.8) is 0 Å². The average Bonchev–Trinajstić information content (AvgIpc) is 3.71. The highest BCUT2D eigenvalue weighted by Crippen LogP contribution is 2.30. The van der Waals surface area contributed by atoms with Gasteiger partial charge in [0.25, 0.3) is 11.8 Å². The van der Waals surface area contributed by atoms with E-state index in [9.17, 15) is 27.6 Å². The van der Waals surface area contributed by atoms with E-state index in [0.29, 0.717) is 21.8 Å². The number of epoxide rings is 1. The number of fused-ring (bicyclic) bond motifs is 1. The van der Waals surface area contributed by atoms with E-state index >= 15 is 0 Å². The number of carbonyl (C=O) groups excluding carboxylic acids is 3. The first kappa shape index (κ1) is 28.3. The van der Waals surface area contributed by atoms with Crippen molar-refractivity contribution in [3.05, 3.63) is 125 Å². The van der Waals surface area contributed by atoms with Crippen molar-refractivity contribution in [2.75, 3.05) is 10.2 Å². The Bertz CT molecular complexity index is 1810. The average molecular weight is 602 g/mol. The van der Waals surface area contributed by atoms with Gasteiger partial charge in [0.2, 0.25) is 0 Å². The first-order valence-corrected chi connectivity index (χ1v) is 14.0. The molecule has 43 heavy (non-hydrogen) atoms. The number of ketones is 1. The minimum atomic E-state index is -1.15. The molecule has 0 radical (unpaired) electrons. The number of nitrogens with one attached hydrogen (secondary N) is 1. The zero-order valence-corrected chi connectivity index (χ0v) is 23.1. The molecule has 2 amide bonds. The van der Waals surface area contributed by atoms with Crippen LogP contribution in [0.5, 0.6) is 0 Å². The number of amides is 2. The second kappa shape index (κ2) is 11.8. The topological polar surface area (TPSA) is 91.9 Å². The lowest BCUT2D eigenvalue weighted by atomic mass is 10.1. The summed E-state index contributed by atoms with van der Waals surface area (Å²) in [6.07, 6.45) is -2.15. The van der Waals surface area contributed by atoms with Crippen molar-refractivity contribution < 1.29 is 32.3 Å². The summed E-state index contributed by atoms with van der Waals surface area (Å²) in [6.45, 7) is 0.0372. The number of nitrogens with zero attached hydrogens (tertiary/aromatic N) is 2. The number of anilines is 2. The maximum Gasteiger partial charge on any atom is 0.259 e. The summed E-state index contributed by atoms with van der Waals surface area (Å²) in [5, 5.41) is 3.11. The first-order chi connectivity index (χ1) is 20.7. The van der Waals surface area contributed by atoms with Gasteiger partial charge < -0.3 is 15.0 Å². The molecular weight excluding hydrogens is 579 g/mol. The van der Waals surface area contributed by atoms with Gasteiger partial charge in [-0.15, -0.1) is 11.3 Å². The smallest absolute Gasteiger partial charge is 0.259 e. The molecule has 216 valence electrons. The minimum absolute atomic E-state index is 0.0138. The molecule has 1 saturated heterocycles. The van der Waals surface area contributed by atoms with E-state index in [-0.39, 0.29) is 24.4 Å². The van der Waals surface area contributed by atoms with E-state index in [1.54, 1.807) is 24.3 Å². The van der Waals surface area contributed by atoms with Crippen LogP contribution in [0.4, 0.5) is 24.5 Å². The second-order valence-electron chi connectivity index (χ2n) is 9.87. The molecule has 1 aliphatic rings. The van der Waals surface area contributed by atoms with Gasteiger partial charge in [-0.2, -0.15) is 0 Å². The number of halogens is 3. The third kappa shape index (κ3) is 6.32. The maximum absolute atomic E-state index is 13.6. The molecule has 1 fully saturated rings. The van der Waals surface area contributed by atoms with Crippen molar-refractivity contribution >= 4 is 50.5 Å². The van der Waals surface area contributed by atoms with Crippen LogP contribution in [0.3, 0.4) is 0 Å². The summed E-state index contributed by atoms with van der Waals surface area (Å²) in [6, 6.07) is 22.6. The third-order valence-electron chi connectivity index (χ3n) is 6.85. The summed E-state index contributed by atoms with van der Waals surface area (Å²) >= 11 is 1.46. The van der Waals surface area contributed by atoms with Crippen LogP contribution in [-0.2, 0) is 27.3 Å². The van der Waals surface area contributed by atoms with Gasteiger partial charge in [-0.05, 0) is 66.2 Å². The molecule has 0 saturated carbocycles. The standard InChI is InChI=1S/C32H22F3N3O4S/c33-20-9-5-18(6-10-20)17-38(32(41)30-29(42-30)31(40)36-21-11-14-23(34)24(35)15-21)22-12-7-19(8-13-22)26(39)16-28-37-25-3-1-2-4-27(25)43-28/h1-15,29-30H,16-17H2,(H,36,40)/t29-,30-/m0/s1. The van der Waals surface area contributed by atoms with Crippen LogP contribution in [0, 0.1) is 17.5 Å². The number of para-hydroxylation sites is 1. The highest BCUT2D eigenvalue weighted by molar-refractivity contribution is 7.18. The van der Waals surface area contributed by atoms with E-state index in [0.717, 1.165) is 22.3 Å². The zero-order valence-electron chi connectivity index (χ0n) is 22.3. The van der Waals surface area contributed by atoms with Gasteiger partial charge in [0.15, 0.2) is 29.6 Å². The first-order valence-electron chi connectivity index (χ1n) is 13.2. The minimum Gasteiger partial charge on any atom is -0.349 e. The zero-order chi connectivity index (χ0) is 30.1. The van der Waals surface area contributed by atoms with Crippen LogP contribution in [-0.4, -0.2) is 34.8 Å². The molecule has 11 heteroatoms. The van der Waals surface area contributed by atoms with Gasteiger partial charge in [-0.1, -0.05) is 24.3 Å². The Morgan fingerprint density at radius 3 is 2.33 bits per heavy atom. The Kier molecular flexibility index (Phi) is 7.75. The number of hydrogen-bond acceptors (Lipinski definition) is 6. The number of hydrogen-bond donors (Lipinski definition) is 1. The molecule has 4 aromatic carbocycles. The number of benzene rings is 4. The molecule has 5 aromatic rings. The molecule has 1 N–H and O–H groups in total. The third-order valence-corrected chi connectivity index (χ3v) is 7.89. The number of thiazole rings is 1. The van der Waals surface area contributed by atoms with Crippen LogP contribution in [0.25, 0.3) is 10.2 Å². The Hall–Kier alpha value is -4.87. The molecule has 7 nitrogen and oxygen atoms in total. The number of carbonyl (C=O) groups is 3. The predicted molar refractivity (Wildman–Crippen MR) is 155 cm³/mol. The van der Waals surface area contributed by atoms with E-state index in [4.69, 9.17) is 4.74 Å². The Balaban J connectivity index is 1.18. The van der Waals surface area contributed by atoms with E-state index in [1.165, 1.54) is 46.6 Å². The van der Waals surface area contributed by atoms with Crippen LogP contribution in [0.15, 0.2) is 91.0 Å². The number of ether oxygens (including phenoxy) is 1. The lowest BCUT2D eigenvalue weighted by Gasteiger charge is -2.23. The van der Waals surface area contributed by atoms with Crippen molar-refractivity contribution in [2.24, 2.45) is 0 Å². The SMILES string of the molecule is O=C(Cc1nc2ccccc2s1)c1ccc(N(Cc2ccc(F)cc2)C(=O)[C@H]2O[C@@H]2C(=O)Nc2ccc(F)c(F)c2)cc1. The fourth-order valence-electron chi connectivity index (χ4n) is 4.57. The number of Topliss-reactive ketones (excluding diaryl/α,β-unsaturated/α-hetero) is 1. The summed E-state index contributed by atoms with van der Waals surface area (Å²) in [7, 11) is 0.